The van der Waals surface area contributed by atoms with Crippen molar-refractivity contribution in [3.63, 3.8) is 0 Å². The number of anilines is 1. The minimum Gasteiger partial charge on any atom is -0.368 e. The van der Waals surface area contributed by atoms with Gasteiger partial charge in [0.25, 0.3) is 5.91 Å². The quantitative estimate of drug-likeness (QED) is 0.858. The van der Waals surface area contributed by atoms with E-state index in [9.17, 15) is 4.79 Å². The SMILES string of the molecule is CCc1nc(N)nc(C)c1C(=O)N(CC)CC. The molecule has 5 nitrogen and oxygen atoms in total. The molecule has 1 rings (SSSR count). The Balaban J connectivity index is 3.25. The Morgan fingerprint density at radius 1 is 1.24 bits per heavy atom. The van der Waals surface area contributed by atoms with Gasteiger partial charge in [0.1, 0.15) is 0 Å². The molecule has 0 bridgehead atoms. The number of carbonyl (C=O) groups excluding carboxylic acids is 1. The zero-order valence-corrected chi connectivity index (χ0v) is 10.9. The van der Waals surface area contributed by atoms with Gasteiger partial charge in [0.2, 0.25) is 5.95 Å². The first-order valence-electron chi connectivity index (χ1n) is 5.97. The summed E-state index contributed by atoms with van der Waals surface area (Å²) < 4.78 is 0. The Bertz CT molecular complexity index is 413. The molecule has 1 aromatic rings. The molecule has 94 valence electrons. The van der Waals surface area contributed by atoms with Gasteiger partial charge in [0, 0.05) is 13.1 Å². The molecule has 0 aromatic carbocycles. The van der Waals surface area contributed by atoms with Crippen LogP contribution in [0.3, 0.4) is 0 Å². The number of aromatic nitrogens is 2. The molecule has 0 atom stereocenters. The fourth-order valence-corrected chi connectivity index (χ4v) is 1.86. The fourth-order valence-electron chi connectivity index (χ4n) is 1.86. The number of hydrogen-bond acceptors (Lipinski definition) is 4. The molecule has 17 heavy (non-hydrogen) atoms. The summed E-state index contributed by atoms with van der Waals surface area (Å²) in [6.07, 6.45) is 0.676. The lowest BCUT2D eigenvalue weighted by atomic mass is 10.1. The number of hydrogen-bond donors (Lipinski definition) is 1. The molecule has 0 saturated carbocycles. The summed E-state index contributed by atoms with van der Waals surface area (Å²) in [7, 11) is 0. The fraction of sp³-hybridized carbons (Fsp3) is 0.583. The van der Waals surface area contributed by atoms with Crippen molar-refractivity contribution >= 4 is 11.9 Å². The largest absolute Gasteiger partial charge is 0.368 e. The molecule has 2 N–H and O–H groups in total. The van der Waals surface area contributed by atoms with Gasteiger partial charge in [-0.25, -0.2) is 9.97 Å². The first kappa shape index (κ1) is 13.4. The first-order chi connectivity index (χ1) is 8.04. The summed E-state index contributed by atoms with van der Waals surface area (Å²) in [6.45, 7) is 9.04. The van der Waals surface area contributed by atoms with Crippen LogP contribution in [0.25, 0.3) is 0 Å². The zero-order chi connectivity index (χ0) is 13.0. The summed E-state index contributed by atoms with van der Waals surface area (Å²) in [4.78, 5) is 22.3. The van der Waals surface area contributed by atoms with E-state index in [0.29, 0.717) is 30.8 Å². The standard InChI is InChI=1S/C12H20N4O/c1-5-9-10(8(4)14-12(13)15-9)11(17)16(6-2)7-3/h5-7H2,1-4H3,(H2,13,14,15). The minimum atomic E-state index is -0.00986. The maximum absolute atomic E-state index is 12.3. The van der Waals surface area contributed by atoms with Crippen LogP contribution in [0.15, 0.2) is 0 Å². The van der Waals surface area contributed by atoms with E-state index in [2.05, 4.69) is 9.97 Å². The number of aryl methyl sites for hydroxylation is 2. The van der Waals surface area contributed by atoms with Gasteiger partial charge in [-0.1, -0.05) is 6.92 Å². The maximum atomic E-state index is 12.3. The molecule has 0 radical (unpaired) electrons. The van der Waals surface area contributed by atoms with Gasteiger partial charge in [0.15, 0.2) is 0 Å². The van der Waals surface area contributed by atoms with Crippen LogP contribution in [0, 0.1) is 6.92 Å². The van der Waals surface area contributed by atoms with Gasteiger partial charge in [-0.05, 0) is 27.2 Å². The summed E-state index contributed by atoms with van der Waals surface area (Å²) in [5, 5.41) is 0. The van der Waals surface area contributed by atoms with Crippen molar-refractivity contribution in [2.24, 2.45) is 0 Å². The third-order valence-electron chi connectivity index (χ3n) is 2.78. The highest BCUT2D eigenvalue weighted by atomic mass is 16.2. The molecule has 0 fully saturated rings. The van der Waals surface area contributed by atoms with E-state index in [0.717, 1.165) is 5.69 Å². The topological polar surface area (TPSA) is 72.1 Å². The monoisotopic (exact) mass is 236 g/mol. The van der Waals surface area contributed by atoms with Crippen LogP contribution in [0.5, 0.6) is 0 Å². The number of amides is 1. The zero-order valence-electron chi connectivity index (χ0n) is 10.9. The molecular formula is C12H20N4O. The highest BCUT2D eigenvalue weighted by Gasteiger charge is 2.20. The lowest BCUT2D eigenvalue weighted by Crippen LogP contribution is -2.32. The van der Waals surface area contributed by atoms with Crippen molar-refractivity contribution in [3.8, 4) is 0 Å². The summed E-state index contributed by atoms with van der Waals surface area (Å²) >= 11 is 0. The molecule has 0 saturated heterocycles. The van der Waals surface area contributed by atoms with E-state index in [-0.39, 0.29) is 11.9 Å². The van der Waals surface area contributed by atoms with Crippen LogP contribution in [0.2, 0.25) is 0 Å². The Hall–Kier alpha value is -1.65. The second-order valence-electron chi connectivity index (χ2n) is 3.82. The third kappa shape index (κ3) is 2.72. The van der Waals surface area contributed by atoms with Gasteiger partial charge < -0.3 is 10.6 Å². The van der Waals surface area contributed by atoms with Gasteiger partial charge in [-0.3, -0.25) is 4.79 Å². The number of nitrogens with two attached hydrogens (primary N) is 1. The second kappa shape index (κ2) is 5.61. The molecule has 0 unspecified atom stereocenters. The predicted molar refractivity (Wildman–Crippen MR) is 67.8 cm³/mol. The average molecular weight is 236 g/mol. The van der Waals surface area contributed by atoms with E-state index in [1.807, 2.05) is 20.8 Å². The number of carbonyl (C=O) groups is 1. The van der Waals surface area contributed by atoms with Gasteiger partial charge in [0.05, 0.1) is 17.0 Å². The van der Waals surface area contributed by atoms with Crippen molar-refractivity contribution in [2.45, 2.75) is 34.1 Å². The molecule has 1 heterocycles. The number of nitrogen functional groups attached to an aromatic ring is 1. The molecule has 0 aliphatic carbocycles. The smallest absolute Gasteiger partial charge is 0.257 e. The molecule has 1 aromatic heterocycles. The lowest BCUT2D eigenvalue weighted by molar-refractivity contribution is 0.0770. The normalized spacial score (nSPS) is 10.4. The lowest BCUT2D eigenvalue weighted by Gasteiger charge is -2.20. The van der Waals surface area contributed by atoms with Crippen molar-refractivity contribution in [1.82, 2.24) is 14.9 Å². The van der Waals surface area contributed by atoms with Gasteiger partial charge in [-0.2, -0.15) is 0 Å². The van der Waals surface area contributed by atoms with Crippen molar-refractivity contribution in [1.29, 1.82) is 0 Å². The summed E-state index contributed by atoms with van der Waals surface area (Å²) in [5.74, 6) is 0.222. The van der Waals surface area contributed by atoms with Crippen LogP contribution < -0.4 is 5.73 Å². The van der Waals surface area contributed by atoms with Gasteiger partial charge in [-0.15, -0.1) is 0 Å². The second-order valence-corrected chi connectivity index (χ2v) is 3.82. The number of nitrogens with zero attached hydrogens (tertiary/aromatic N) is 3. The Morgan fingerprint density at radius 2 is 1.82 bits per heavy atom. The average Bonchev–Trinajstić information content (AvgIpc) is 2.29. The molecule has 0 aliphatic heterocycles. The van der Waals surface area contributed by atoms with Crippen LogP contribution in [-0.2, 0) is 6.42 Å². The maximum Gasteiger partial charge on any atom is 0.257 e. The Labute approximate surface area is 102 Å². The van der Waals surface area contributed by atoms with E-state index < -0.39 is 0 Å². The molecular weight excluding hydrogens is 216 g/mol. The van der Waals surface area contributed by atoms with Crippen LogP contribution >= 0.6 is 0 Å². The van der Waals surface area contributed by atoms with E-state index in [1.165, 1.54) is 0 Å². The highest BCUT2D eigenvalue weighted by molar-refractivity contribution is 5.96. The Morgan fingerprint density at radius 3 is 2.29 bits per heavy atom. The minimum absolute atomic E-state index is 0.00986. The summed E-state index contributed by atoms with van der Waals surface area (Å²) in [5.41, 5.74) is 7.59. The van der Waals surface area contributed by atoms with E-state index in [1.54, 1.807) is 11.8 Å². The van der Waals surface area contributed by atoms with Crippen molar-refractivity contribution < 1.29 is 4.79 Å². The molecule has 0 spiro atoms. The molecule has 1 amide bonds. The van der Waals surface area contributed by atoms with Crippen molar-refractivity contribution in [3.05, 3.63) is 17.0 Å². The van der Waals surface area contributed by atoms with E-state index >= 15 is 0 Å². The third-order valence-corrected chi connectivity index (χ3v) is 2.78. The van der Waals surface area contributed by atoms with Crippen LogP contribution in [0.1, 0.15) is 42.5 Å². The predicted octanol–water partition coefficient (Wildman–Crippen LogP) is 1.41. The molecule has 5 heteroatoms. The summed E-state index contributed by atoms with van der Waals surface area (Å²) in [6, 6.07) is 0. The highest BCUT2D eigenvalue weighted by Crippen LogP contribution is 2.15. The van der Waals surface area contributed by atoms with Crippen LogP contribution in [0.4, 0.5) is 5.95 Å². The first-order valence-corrected chi connectivity index (χ1v) is 5.97. The van der Waals surface area contributed by atoms with E-state index in [4.69, 9.17) is 5.73 Å². The van der Waals surface area contributed by atoms with Gasteiger partial charge >= 0.3 is 0 Å². The van der Waals surface area contributed by atoms with Crippen molar-refractivity contribution in [2.75, 3.05) is 18.8 Å². The Kier molecular flexibility index (Phi) is 4.43. The van der Waals surface area contributed by atoms with Crippen LogP contribution in [-0.4, -0.2) is 33.9 Å². The molecule has 0 aliphatic rings. The number of rotatable bonds is 4.